The molecule has 5 heteroatoms. The molecule has 0 heterocycles. The van der Waals surface area contributed by atoms with Gasteiger partial charge in [0.05, 0.1) is 11.6 Å². The molecule has 0 saturated carbocycles. The van der Waals surface area contributed by atoms with Gasteiger partial charge in [-0.2, -0.15) is 0 Å². The third kappa shape index (κ3) is 2.47. The van der Waals surface area contributed by atoms with E-state index in [1.165, 1.54) is 24.1 Å². The molecule has 1 rings (SSSR count). The maximum absolute atomic E-state index is 13.4. The summed E-state index contributed by atoms with van der Waals surface area (Å²) in [5, 5.41) is 0. The molecule has 1 aromatic carbocycles. The van der Waals surface area contributed by atoms with Gasteiger partial charge in [0.2, 0.25) is 0 Å². The van der Waals surface area contributed by atoms with Crippen LogP contribution in [-0.2, 0) is 0 Å². The first kappa shape index (κ1) is 12.0. The van der Waals surface area contributed by atoms with E-state index >= 15 is 0 Å². The number of benzene rings is 1. The number of rotatable bonds is 2. The predicted octanol–water partition coefficient (Wildman–Crippen LogP) is 2.30. The lowest BCUT2D eigenvalue weighted by Crippen LogP contribution is -2.21. The number of carbonyl (C=O) groups excluding carboxylic acids is 1. The van der Waals surface area contributed by atoms with E-state index in [2.05, 4.69) is 15.9 Å². The van der Waals surface area contributed by atoms with Crippen molar-refractivity contribution in [3.8, 4) is 5.75 Å². The van der Waals surface area contributed by atoms with Gasteiger partial charge in [-0.3, -0.25) is 4.79 Å². The molecule has 1 aromatic rings. The number of hydrogen-bond acceptors (Lipinski definition) is 2. The molecule has 0 aliphatic heterocycles. The highest BCUT2D eigenvalue weighted by molar-refractivity contribution is 9.10. The third-order valence-corrected chi connectivity index (χ3v) is 2.64. The van der Waals surface area contributed by atoms with Gasteiger partial charge in [-0.1, -0.05) is 0 Å². The Morgan fingerprint density at radius 3 is 2.53 bits per heavy atom. The summed E-state index contributed by atoms with van der Waals surface area (Å²) < 4.78 is 18.5. The molecular weight excluding hydrogens is 265 g/mol. The molecule has 0 fully saturated rings. The summed E-state index contributed by atoms with van der Waals surface area (Å²) in [6, 6.07) is 2.67. The van der Waals surface area contributed by atoms with E-state index in [1.807, 2.05) is 0 Å². The molecule has 0 aromatic heterocycles. The third-order valence-electron chi connectivity index (χ3n) is 1.87. The van der Waals surface area contributed by atoms with E-state index in [4.69, 9.17) is 4.74 Å². The number of methoxy groups -OCH3 is 1. The van der Waals surface area contributed by atoms with Crippen LogP contribution in [0.3, 0.4) is 0 Å². The van der Waals surface area contributed by atoms with E-state index in [9.17, 15) is 9.18 Å². The number of carbonyl (C=O) groups is 1. The van der Waals surface area contributed by atoms with Crippen molar-refractivity contribution in [2.45, 2.75) is 0 Å². The first-order valence-electron chi connectivity index (χ1n) is 4.22. The van der Waals surface area contributed by atoms with E-state index in [0.29, 0.717) is 5.75 Å². The second-order valence-electron chi connectivity index (χ2n) is 3.17. The first-order chi connectivity index (χ1) is 6.97. The molecular formula is C10H11BrFNO2. The topological polar surface area (TPSA) is 29.5 Å². The quantitative estimate of drug-likeness (QED) is 0.829. The van der Waals surface area contributed by atoms with E-state index in [1.54, 1.807) is 14.1 Å². The zero-order valence-electron chi connectivity index (χ0n) is 8.67. The minimum Gasteiger partial charge on any atom is -0.495 e. The van der Waals surface area contributed by atoms with Crippen LogP contribution in [0, 0.1) is 5.82 Å². The van der Waals surface area contributed by atoms with Crippen molar-refractivity contribution in [3.05, 3.63) is 28.0 Å². The van der Waals surface area contributed by atoms with Crippen molar-refractivity contribution in [2.24, 2.45) is 0 Å². The standard InChI is InChI=1S/C10H11BrFNO2/c1-13(2)10(14)6-4-7(12)9(11)8(5-6)15-3/h4-5H,1-3H3. The second kappa shape index (κ2) is 4.61. The fourth-order valence-electron chi connectivity index (χ4n) is 1.09. The molecule has 0 atom stereocenters. The number of hydrogen-bond donors (Lipinski definition) is 0. The fourth-order valence-corrected chi connectivity index (χ4v) is 1.48. The number of ether oxygens (including phenoxy) is 1. The lowest BCUT2D eigenvalue weighted by atomic mass is 10.2. The van der Waals surface area contributed by atoms with Gasteiger partial charge in [0, 0.05) is 19.7 Å². The molecule has 1 amide bonds. The summed E-state index contributed by atoms with van der Waals surface area (Å²) in [6.07, 6.45) is 0. The van der Waals surface area contributed by atoms with E-state index < -0.39 is 5.82 Å². The van der Waals surface area contributed by atoms with Gasteiger partial charge in [0.1, 0.15) is 11.6 Å². The van der Waals surface area contributed by atoms with Crippen LogP contribution < -0.4 is 4.74 Å². The van der Waals surface area contributed by atoms with Gasteiger partial charge in [-0.05, 0) is 28.1 Å². The van der Waals surface area contributed by atoms with Crippen molar-refractivity contribution in [1.82, 2.24) is 4.90 Å². The predicted molar refractivity (Wildman–Crippen MR) is 58.7 cm³/mol. The van der Waals surface area contributed by atoms with Gasteiger partial charge in [0.15, 0.2) is 0 Å². The second-order valence-corrected chi connectivity index (χ2v) is 3.97. The lowest BCUT2D eigenvalue weighted by molar-refractivity contribution is 0.0826. The van der Waals surface area contributed by atoms with E-state index in [0.717, 1.165) is 0 Å². The van der Waals surface area contributed by atoms with Crippen molar-refractivity contribution >= 4 is 21.8 Å². The van der Waals surface area contributed by atoms with Crippen molar-refractivity contribution < 1.29 is 13.9 Å². The number of halogens is 2. The van der Waals surface area contributed by atoms with Crippen molar-refractivity contribution in [3.63, 3.8) is 0 Å². The van der Waals surface area contributed by atoms with Crippen molar-refractivity contribution in [2.75, 3.05) is 21.2 Å². The van der Waals surface area contributed by atoms with Crippen LogP contribution in [0.2, 0.25) is 0 Å². The Morgan fingerprint density at radius 1 is 1.47 bits per heavy atom. The van der Waals surface area contributed by atoms with Gasteiger partial charge in [-0.15, -0.1) is 0 Å². The van der Waals surface area contributed by atoms with Crippen LogP contribution in [-0.4, -0.2) is 32.0 Å². The fraction of sp³-hybridized carbons (Fsp3) is 0.300. The summed E-state index contributed by atoms with van der Waals surface area (Å²) in [6.45, 7) is 0. The monoisotopic (exact) mass is 275 g/mol. The van der Waals surface area contributed by atoms with Gasteiger partial charge in [-0.25, -0.2) is 4.39 Å². The van der Waals surface area contributed by atoms with Crippen LogP contribution in [0.4, 0.5) is 4.39 Å². The van der Waals surface area contributed by atoms with Crippen LogP contribution in [0.25, 0.3) is 0 Å². The summed E-state index contributed by atoms with van der Waals surface area (Å²) >= 11 is 3.04. The average Bonchev–Trinajstić information content (AvgIpc) is 2.20. The smallest absolute Gasteiger partial charge is 0.253 e. The molecule has 82 valence electrons. The van der Waals surface area contributed by atoms with Crippen LogP contribution in [0.1, 0.15) is 10.4 Å². The largest absolute Gasteiger partial charge is 0.495 e. The molecule has 0 aliphatic carbocycles. The van der Waals surface area contributed by atoms with Crippen LogP contribution in [0.15, 0.2) is 16.6 Å². The molecule has 0 aliphatic rings. The summed E-state index contributed by atoms with van der Waals surface area (Å²) in [5.74, 6) is -0.473. The lowest BCUT2D eigenvalue weighted by Gasteiger charge is -2.12. The first-order valence-corrected chi connectivity index (χ1v) is 5.01. The Kier molecular flexibility index (Phi) is 3.68. The highest BCUT2D eigenvalue weighted by atomic mass is 79.9. The van der Waals surface area contributed by atoms with Gasteiger partial charge < -0.3 is 9.64 Å². The molecule has 0 radical (unpaired) electrons. The molecule has 0 spiro atoms. The minimum absolute atomic E-state index is 0.223. The average molecular weight is 276 g/mol. The molecule has 0 saturated heterocycles. The molecule has 0 N–H and O–H groups in total. The summed E-state index contributed by atoms with van der Waals surface area (Å²) in [7, 11) is 4.63. The zero-order valence-corrected chi connectivity index (χ0v) is 10.3. The number of amides is 1. The number of nitrogens with zero attached hydrogens (tertiary/aromatic N) is 1. The Bertz CT molecular complexity index is 393. The Hall–Kier alpha value is -1.10. The minimum atomic E-state index is -0.514. The molecule has 0 unspecified atom stereocenters. The van der Waals surface area contributed by atoms with E-state index in [-0.39, 0.29) is 15.9 Å². The Labute approximate surface area is 96.0 Å². The normalized spacial score (nSPS) is 9.93. The van der Waals surface area contributed by atoms with Gasteiger partial charge in [0.25, 0.3) is 5.91 Å². The van der Waals surface area contributed by atoms with Crippen LogP contribution >= 0.6 is 15.9 Å². The summed E-state index contributed by atoms with van der Waals surface area (Å²) in [5.41, 5.74) is 0.262. The molecule has 3 nitrogen and oxygen atoms in total. The molecule has 15 heavy (non-hydrogen) atoms. The molecule has 0 bridgehead atoms. The maximum atomic E-state index is 13.4. The Morgan fingerprint density at radius 2 is 2.07 bits per heavy atom. The summed E-state index contributed by atoms with van der Waals surface area (Å²) in [4.78, 5) is 12.9. The highest BCUT2D eigenvalue weighted by Crippen LogP contribution is 2.29. The van der Waals surface area contributed by atoms with Gasteiger partial charge >= 0.3 is 0 Å². The van der Waals surface area contributed by atoms with Crippen LogP contribution in [0.5, 0.6) is 5.75 Å². The highest BCUT2D eigenvalue weighted by Gasteiger charge is 2.14. The Balaban J connectivity index is 3.22. The maximum Gasteiger partial charge on any atom is 0.253 e. The van der Waals surface area contributed by atoms with Crippen molar-refractivity contribution in [1.29, 1.82) is 0 Å². The zero-order chi connectivity index (χ0) is 11.6. The SMILES string of the molecule is COc1cc(C(=O)N(C)C)cc(F)c1Br.